The number of rotatable bonds is 7. The predicted molar refractivity (Wildman–Crippen MR) is 98.5 cm³/mol. The highest BCUT2D eigenvalue weighted by atomic mass is 19.4. The highest BCUT2D eigenvalue weighted by Crippen LogP contribution is 2.32. The second-order valence-corrected chi connectivity index (χ2v) is 6.93. The number of ether oxygens (including phenoxy) is 2. The SMILES string of the molecule is COc1ccc(Cn2nc(CC3CC3)nc2-c2ccc(OC(F)(F)F)cn2)cc1. The number of methoxy groups -OCH3 is 1. The van der Waals surface area contributed by atoms with Crippen LogP contribution in [0, 0.1) is 5.92 Å². The molecule has 9 heteroatoms. The molecule has 1 saturated carbocycles. The molecule has 3 aromatic rings. The monoisotopic (exact) mass is 404 g/mol. The second-order valence-electron chi connectivity index (χ2n) is 6.93. The molecule has 4 rings (SSSR count). The molecule has 6 nitrogen and oxygen atoms in total. The third kappa shape index (κ3) is 5.04. The van der Waals surface area contributed by atoms with Gasteiger partial charge >= 0.3 is 6.36 Å². The summed E-state index contributed by atoms with van der Waals surface area (Å²) in [4.78, 5) is 8.70. The maximum absolute atomic E-state index is 12.4. The summed E-state index contributed by atoms with van der Waals surface area (Å²) in [6.45, 7) is 0.458. The summed E-state index contributed by atoms with van der Waals surface area (Å²) in [5, 5.41) is 4.61. The Labute approximate surface area is 165 Å². The zero-order chi connectivity index (χ0) is 20.4. The first kappa shape index (κ1) is 19.2. The van der Waals surface area contributed by atoms with E-state index in [0.29, 0.717) is 29.8 Å². The van der Waals surface area contributed by atoms with Crippen molar-refractivity contribution in [1.29, 1.82) is 0 Å². The lowest BCUT2D eigenvalue weighted by atomic mass is 10.2. The molecule has 0 bridgehead atoms. The highest BCUT2D eigenvalue weighted by molar-refractivity contribution is 5.50. The molecule has 0 N–H and O–H groups in total. The third-order valence-corrected chi connectivity index (χ3v) is 4.57. The second kappa shape index (κ2) is 7.73. The predicted octanol–water partition coefficient (Wildman–Crippen LogP) is 4.25. The maximum Gasteiger partial charge on any atom is 0.573 e. The van der Waals surface area contributed by atoms with E-state index >= 15 is 0 Å². The van der Waals surface area contributed by atoms with Gasteiger partial charge in [-0.2, -0.15) is 5.10 Å². The van der Waals surface area contributed by atoms with Crippen molar-refractivity contribution in [2.75, 3.05) is 7.11 Å². The van der Waals surface area contributed by atoms with Gasteiger partial charge < -0.3 is 9.47 Å². The van der Waals surface area contributed by atoms with Crippen LogP contribution in [-0.4, -0.2) is 33.2 Å². The van der Waals surface area contributed by atoms with Crippen LogP contribution in [0.4, 0.5) is 13.2 Å². The van der Waals surface area contributed by atoms with Crippen molar-refractivity contribution < 1.29 is 22.6 Å². The maximum atomic E-state index is 12.4. The summed E-state index contributed by atoms with van der Waals surface area (Å²) in [6, 6.07) is 10.3. The van der Waals surface area contributed by atoms with Gasteiger partial charge in [0.15, 0.2) is 11.6 Å². The largest absolute Gasteiger partial charge is 0.573 e. The van der Waals surface area contributed by atoms with E-state index in [-0.39, 0.29) is 5.75 Å². The van der Waals surface area contributed by atoms with Crippen LogP contribution in [0.25, 0.3) is 11.5 Å². The lowest BCUT2D eigenvalue weighted by Gasteiger charge is -2.09. The number of alkyl halides is 3. The van der Waals surface area contributed by atoms with Gasteiger partial charge in [-0.3, -0.25) is 0 Å². The number of halogens is 3. The van der Waals surface area contributed by atoms with Crippen LogP contribution in [0.2, 0.25) is 0 Å². The molecule has 2 heterocycles. The Kier molecular flexibility index (Phi) is 5.12. The number of pyridine rings is 1. The molecule has 152 valence electrons. The molecule has 0 unspecified atom stereocenters. The molecule has 0 aliphatic heterocycles. The zero-order valence-corrected chi connectivity index (χ0v) is 15.7. The van der Waals surface area contributed by atoms with Gasteiger partial charge in [-0.05, 0) is 48.6 Å². The summed E-state index contributed by atoms with van der Waals surface area (Å²) in [5.41, 5.74) is 1.43. The Balaban J connectivity index is 1.60. The molecular weight excluding hydrogens is 385 g/mol. The average Bonchev–Trinajstić information content (AvgIpc) is 3.41. The van der Waals surface area contributed by atoms with E-state index in [0.717, 1.165) is 23.9 Å². The van der Waals surface area contributed by atoms with Crippen molar-refractivity contribution in [1.82, 2.24) is 19.7 Å². The Hall–Kier alpha value is -3.10. The number of nitrogens with zero attached hydrogens (tertiary/aromatic N) is 4. The fourth-order valence-corrected chi connectivity index (χ4v) is 2.97. The first-order valence-corrected chi connectivity index (χ1v) is 9.18. The van der Waals surface area contributed by atoms with Crippen LogP contribution in [0.15, 0.2) is 42.6 Å². The molecule has 2 aromatic heterocycles. The van der Waals surface area contributed by atoms with Gasteiger partial charge in [-0.25, -0.2) is 14.6 Å². The minimum atomic E-state index is -4.75. The Morgan fingerprint density at radius 3 is 2.38 bits per heavy atom. The standard InChI is InChI=1S/C20H19F3N4O2/c1-28-15-6-4-14(5-7-15)12-27-19(25-18(26-27)10-13-2-3-13)17-9-8-16(11-24-17)29-20(21,22)23/h4-9,11,13H,2-3,10,12H2,1H3. The number of hydrogen-bond donors (Lipinski definition) is 0. The van der Waals surface area contributed by atoms with Crippen molar-refractivity contribution in [3.8, 4) is 23.0 Å². The van der Waals surface area contributed by atoms with Crippen LogP contribution in [0.3, 0.4) is 0 Å². The van der Waals surface area contributed by atoms with Crippen molar-refractivity contribution in [3.63, 3.8) is 0 Å². The average molecular weight is 404 g/mol. The third-order valence-electron chi connectivity index (χ3n) is 4.57. The van der Waals surface area contributed by atoms with E-state index < -0.39 is 6.36 Å². The minimum absolute atomic E-state index is 0.374. The van der Waals surface area contributed by atoms with E-state index in [1.165, 1.54) is 25.0 Å². The summed E-state index contributed by atoms with van der Waals surface area (Å²) in [5.74, 6) is 2.21. The Morgan fingerprint density at radius 2 is 1.79 bits per heavy atom. The van der Waals surface area contributed by atoms with Crippen LogP contribution >= 0.6 is 0 Å². The molecule has 0 radical (unpaired) electrons. The van der Waals surface area contributed by atoms with Crippen molar-refractivity contribution in [3.05, 3.63) is 54.0 Å². The highest BCUT2D eigenvalue weighted by Gasteiger charge is 2.31. The van der Waals surface area contributed by atoms with E-state index in [9.17, 15) is 13.2 Å². The smallest absolute Gasteiger partial charge is 0.497 e. The number of aromatic nitrogens is 4. The van der Waals surface area contributed by atoms with Crippen molar-refractivity contribution in [2.24, 2.45) is 5.92 Å². The molecule has 1 aliphatic rings. The molecule has 29 heavy (non-hydrogen) atoms. The molecule has 1 aromatic carbocycles. The summed E-state index contributed by atoms with van der Waals surface area (Å²) >= 11 is 0. The van der Waals surface area contributed by atoms with Crippen LogP contribution < -0.4 is 9.47 Å². The normalized spacial score (nSPS) is 14.1. The molecule has 0 amide bonds. The molecule has 0 saturated heterocycles. The first-order valence-electron chi connectivity index (χ1n) is 9.18. The Morgan fingerprint density at radius 1 is 1.07 bits per heavy atom. The van der Waals surface area contributed by atoms with E-state index in [1.807, 2.05) is 24.3 Å². The van der Waals surface area contributed by atoms with E-state index in [4.69, 9.17) is 4.74 Å². The minimum Gasteiger partial charge on any atom is -0.497 e. The van der Waals surface area contributed by atoms with Crippen LogP contribution in [0.5, 0.6) is 11.5 Å². The molecular formula is C20H19F3N4O2. The topological polar surface area (TPSA) is 62.1 Å². The van der Waals surface area contributed by atoms with Crippen molar-refractivity contribution >= 4 is 0 Å². The van der Waals surface area contributed by atoms with Crippen molar-refractivity contribution in [2.45, 2.75) is 32.2 Å². The molecule has 1 fully saturated rings. The first-order chi connectivity index (χ1) is 13.9. The van der Waals surface area contributed by atoms with E-state index in [2.05, 4.69) is 19.8 Å². The van der Waals surface area contributed by atoms with Gasteiger partial charge in [0.1, 0.15) is 17.2 Å². The lowest BCUT2D eigenvalue weighted by molar-refractivity contribution is -0.274. The van der Waals surface area contributed by atoms with Gasteiger partial charge in [0, 0.05) is 6.42 Å². The van der Waals surface area contributed by atoms with Gasteiger partial charge in [0.2, 0.25) is 0 Å². The van der Waals surface area contributed by atoms with Gasteiger partial charge in [-0.15, -0.1) is 13.2 Å². The zero-order valence-electron chi connectivity index (χ0n) is 15.7. The molecule has 0 atom stereocenters. The van der Waals surface area contributed by atoms with Gasteiger partial charge in [0.05, 0.1) is 19.9 Å². The quantitative estimate of drug-likeness (QED) is 0.589. The summed E-state index contributed by atoms with van der Waals surface area (Å²) < 4.78 is 47.9. The molecule has 0 spiro atoms. The number of benzene rings is 1. The van der Waals surface area contributed by atoms with Gasteiger partial charge in [-0.1, -0.05) is 12.1 Å². The molecule has 1 aliphatic carbocycles. The Bertz CT molecular complexity index is 965. The lowest BCUT2D eigenvalue weighted by Crippen LogP contribution is -2.17. The summed E-state index contributed by atoms with van der Waals surface area (Å²) in [7, 11) is 1.60. The van der Waals surface area contributed by atoms with Crippen LogP contribution in [0.1, 0.15) is 24.2 Å². The summed E-state index contributed by atoms with van der Waals surface area (Å²) in [6.07, 6.45) is -0.586. The fourth-order valence-electron chi connectivity index (χ4n) is 2.97. The van der Waals surface area contributed by atoms with E-state index in [1.54, 1.807) is 11.8 Å². The van der Waals surface area contributed by atoms with Crippen LogP contribution in [-0.2, 0) is 13.0 Å². The number of hydrogen-bond acceptors (Lipinski definition) is 5. The fraction of sp³-hybridized carbons (Fsp3) is 0.350. The van der Waals surface area contributed by atoms with Gasteiger partial charge in [0.25, 0.3) is 0 Å².